The van der Waals surface area contributed by atoms with E-state index >= 15 is 0 Å². The molecule has 8 heteroatoms. The zero-order chi connectivity index (χ0) is 19.7. The van der Waals surface area contributed by atoms with Crippen LogP contribution >= 0.6 is 11.3 Å². The summed E-state index contributed by atoms with van der Waals surface area (Å²) < 4.78 is 28.0. The Morgan fingerprint density at radius 1 is 1.11 bits per heavy atom. The highest BCUT2D eigenvalue weighted by molar-refractivity contribution is 7.89. The van der Waals surface area contributed by atoms with Crippen LogP contribution in [0.15, 0.2) is 47.4 Å². The predicted molar refractivity (Wildman–Crippen MR) is 111 cm³/mol. The van der Waals surface area contributed by atoms with Crippen molar-refractivity contribution in [3.63, 3.8) is 0 Å². The summed E-state index contributed by atoms with van der Waals surface area (Å²) in [5.74, 6) is -0.232. The molecule has 2 aromatic carbocycles. The highest BCUT2D eigenvalue weighted by atomic mass is 32.2. The van der Waals surface area contributed by atoms with Gasteiger partial charge in [-0.1, -0.05) is 35.5 Å². The van der Waals surface area contributed by atoms with Crippen LogP contribution in [-0.2, 0) is 10.0 Å². The van der Waals surface area contributed by atoms with Crippen LogP contribution in [0.4, 0.5) is 5.13 Å². The summed E-state index contributed by atoms with van der Waals surface area (Å²) in [5, 5.41) is 3.26. The van der Waals surface area contributed by atoms with Crippen LogP contribution in [0.2, 0.25) is 0 Å². The fraction of sp³-hybridized carbons (Fsp3) is 0.300. The Labute approximate surface area is 168 Å². The molecule has 1 saturated heterocycles. The summed E-state index contributed by atoms with van der Waals surface area (Å²) in [7, 11) is -3.49. The molecule has 4 rings (SSSR count). The second kappa shape index (κ2) is 7.62. The second-order valence-electron chi connectivity index (χ2n) is 6.94. The van der Waals surface area contributed by atoms with Crippen molar-refractivity contribution in [3.8, 4) is 0 Å². The van der Waals surface area contributed by atoms with Crippen LogP contribution in [-0.4, -0.2) is 36.7 Å². The highest BCUT2D eigenvalue weighted by Crippen LogP contribution is 2.30. The minimum Gasteiger partial charge on any atom is -0.298 e. The van der Waals surface area contributed by atoms with Gasteiger partial charge in [0.05, 0.1) is 15.1 Å². The number of carbonyl (C=O) groups is 1. The summed E-state index contributed by atoms with van der Waals surface area (Å²) in [5.41, 5.74) is 2.24. The van der Waals surface area contributed by atoms with E-state index in [1.54, 1.807) is 28.6 Å². The Balaban J connectivity index is 1.59. The van der Waals surface area contributed by atoms with E-state index in [4.69, 9.17) is 0 Å². The van der Waals surface area contributed by atoms with Crippen LogP contribution < -0.4 is 5.32 Å². The van der Waals surface area contributed by atoms with Gasteiger partial charge in [0, 0.05) is 18.7 Å². The topological polar surface area (TPSA) is 79.4 Å². The summed E-state index contributed by atoms with van der Waals surface area (Å²) in [6, 6.07) is 12.3. The SMILES string of the molecule is Cc1cccc(C(=O)Nc2nc3ccc(S(=O)(=O)N4CCCCC4)cc3s2)c1. The molecule has 1 aromatic heterocycles. The number of anilines is 1. The molecular formula is C20H21N3O3S2. The van der Waals surface area contributed by atoms with E-state index in [1.165, 1.54) is 11.3 Å². The molecule has 146 valence electrons. The molecule has 0 saturated carbocycles. The van der Waals surface area contributed by atoms with Crippen molar-refractivity contribution in [1.82, 2.24) is 9.29 Å². The standard InChI is InChI=1S/C20H21N3O3S2/c1-14-6-5-7-15(12-14)19(24)22-20-21-17-9-8-16(13-18(17)27-20)28(25,26)23-10-3-2-4-11-23/h5-9,12-13H,2-4,10-11H2,1H3,(H,21,22,24). The first-order valence-electron chi connectivity index (χ1n) is 9.22. The quantitative estimate of drug-likeness (QED) is 0.698. The number of fused-ring (bicyclic) bond motifs is 1. The Morgan fingerprint density at radius 2 is 1.89 bits per heavy atom. The fourth-order valence-corrected chi connectivity index (χ4v) is 5.85. The first kappa shape index (κ1) is 19.0. The molecule has 0 aliphatic carbocycles. The number of aryl methyl sites for hydroxylation is 1. The molecule has 6 nitrogen and oxygen atoms in total. The molecule has 0 spiro atoms. The van der Waals surface area contributed by atoms with Crippen molar-refractivity contribution in [1.29, 1.82) is 0 Å². The van der Waals surface area contributed by atoms with Crippen LogP contribution in [0.25, 0.3) is 10.2 Å². The number of aromatic nitrogens is 1. The number of sulfonamides is 1. The molecule has 0 atom stereocenters. The molecule has 2 heterocycles. The maximum Gasteiger partial charge on any atom is 0.257 e. The molecule has 1 amide bonds. The first-order chi connectivity index (χ1) is 13.4. The van der Waals surface area contributed by atoms with Gasteiger partial charge in [0.25, 0.3) is 5.91 Å². The van der Waals surface area contributed by atoms with E-state index in [2.05, 4.69) is 10.3 Å². The van der Waals surface area contributed by atoms with Gasteiger partial charge < -0.3 is 0 Å². The molecule has 28 heavy (non-hydrogen) atoms. The molecule has 0 bridgehead atoms. The van der Waals surface area contributed by atoms with Gasteiger partial charge in [0.15, 0.2) is 5.13 Å². The number of piperidine rings is 1. The van der Waals surface area contributed by atoms with Crippen molar-refractivity contribution in [2.45, 2.75) is 31.1 Å². The van der Waals surface area contributed by atoms with Crippen molar-refractivity contribution < 1.29 is 13.2 Å². The Kier molecular flexibility index (Phi) is 5.18. The van der Waals surface area contributed by atoms with E-state index < -0.39 is 10.0 Å². The van der Waals surface area contributed by atoms with E-state index in [1.807, 2.05) is 25.1 Å². The third-order valence-corrected chi connectivity index (χ3v) is 7.64. The molecule has 1 N–H and O–H groups in total. The molecule has 1 fully saturated rings. The Morgan fingerprint density at radius 3 is 2.64 bits per heavy atom. The third-order valence-electron chi connectivity index (χ3n) is 4.81. The van der Waals surface area contributed by atoms with Crippen LogP contribution in [0.1, 0.15) is 35.2 Å². The van der Waals surface area contributed by atoms with Gasteiger partial charge in [-0.25, -0.2) is 13.4 Å². The molecule has 0 radical (unpaired) electrons. The number of hydrogen-bond donors (Lipinski definition) is 1. The van der Waals surface area contributed by atoms with E-state index in [0.29, 0.717) is 29.3 Å². The van der Waals surface area contributed by atoms with Crippen LogP contribution in [0.5, 0.6) is 0 Å². The number of carbonyl (C=O) groups excluding carboxylic acids is 1. The average Bonchev–Trinajstić information content (AvgIpc) is 3.10. The average molecular weight is 416 g/mol. The largest absolute Gasteiger partial charge is 0.298 e. The smallest absolute Gasteiger partial charge is 0.257 e. The van der Waals surface area contributed by atoms with Gasteiger partial charge in [0.1, 0.15) is 0 Å². The zero-order valence-electron chi connectivity index (χ0n) is 15.5. The van der Waals surface area contributed by atoms with Crippen molar-refractivity contribution in [3.05, 3.63) is 53.6 Å². The van der Waals surface area contributed by atoms with Crippen molar-refractivity contribution in [2.24, 2.45) is 0 Å². The molecule has 0 unspecified atom stereocenters. The fourth-order valence-electron chi connectivity index (χ4n) is 3.33. The third kappa shape index (κ3) is 3.80. The Hall–Kier alpha value is -2.29. The lowest BCUT2D eigenvalue weighted by Crippen LogP contribution is -2.35. The minimum absolute atomic E-state index is 0.232. The number of nitrogens with one attached hydrogen (secondary N) is 1. The van der Waals surface area contributed by atoms with E-state index in [-0.39, 0.29) is 10.8 Å². The number of thiazole rings is 1. The zero-order valence-corrected chi connectivity index (χ0v) is 17.1. The number of nitrogens with zero attached hydrogens (tertiary/aromatic N) is 2. The number of amides is 1. The monoisotopic (exact) mass is 415 g/mol. The predicted octanol–water partition coefficient (Wildman–Crippen LogP) is 4.03. The molecule has 1 aliphatic heterocycles. The van der Waals surface area contributed by atoms with Crippen molar-refractivity contribution in [2.75, 3.05) is 18.4 Å². The van der Waals surface area contributed by atoms with Gasteiger partial charge in [-0.2, -0.15) is 4.31 Å². The Bertz CT molecular complexity index is 1130. The number of benzene rings is 2. The van der Waals surface area contributed by atoms with E-state index in [9.17, 15) is 13.2 Å². The summed E-state index contributed by atoms with van der Waals surface area (Å²) in [6.07, 6.45) is 2.87. The molecule has 3 aromatic rings. The second-order valence-corrected chi connectivity index (χ2v) is 9.91. The first-order valence-corrected chi connectivity index (χ1v) is 11.5. The van der Waals surface area contributed by atoms with Gasteiger partial charge >= 0.3 is 0 Å². The minimum atomic E-state index is -3.49. The number of hydrogen-bond acceptors (Lipinski definition) is 5. The van der Waals surface area contributed by atoms with Crippen molar-refractivity contribution >= 4 is 42.6 Å². The lowest BCUT2D eigenvalue weighted by atomic mass is 10.1. The maximum atomic E-state index is 12.9. The highest BCUT2D eigenvalue weighted by Gasteiger charge is 2.26. The van der Waals surface area contributed by atoms with Crippen LogP contribution in [0.3, 0.4) is 0 Å². The van der Waals surface area contributed by atoms with Gasteiger partial charge in [0.2, 0.25) is 10.0 Å². The summed E-state index contributed by atoms with van der Waals surface area (Å²) >= 11 is 1.28. The normalized spacial score (nSPS) is 15.6. The lowest BCUT2D eigenvalue weighted by molar-refractivity contribution is 0.102. The number of rotatable bonds is 4. The molecule has 1 aliphatic rings. The van der Waals surface area contributed by atoms with Gasteiger partial charge in [-0.3, -0.25) is 10.1 Å². The maximum absolute atomic E-state index is 12.9. The van der Waals surface area contributed by atoms with E-state index in [0.717, 1.165) is 29.5 Å². The van der Waals surface area contributed by atoms with Crippen LogP contribution in [0, 0.1) is 6.92 Å². The summed E-state index contributed by atoms with van der Waals surface area (Å²) in [6.45, 7) is 3.07. The summed E-state index contributed by atoms with van der Waals surface area (Å²) in [4.78, 5) is 17.1. The lowest BCUT2D eigenvalue weighted by Gasteiger charge is -2.25. The molecular weight excluding hydrogens is 394 g/mol. The van der Waals surface area contributed by atoms with Gasteiger partial charge in [-0.05, 0) is 50.1 Å². The van der Waals surface area contributed by atoms with Gasteiger partial charge in [-0.15, -0.1) is 0 Å².